The van der Waals surface area contributed by atoms with Gasteiger partial charge in [-0.15, -0.1) is 11.3 Å². The SMILES string of the molecule is NC(=O)c1cccc(C(=O)Nc2cccc(NC(=O)c3cccs3)c2)c1. The summed E-state index contributed by atoms with van der Waals surface area (Å²) in [6.07, 6.45) is 0. The van der Waals surface area contributed by atoms with E-state index in [-0.39, 0.29) is 17.4 Å². The lowest BCUT2D eigenvalue weighted by Gasteiger charge is -2.09. The molecule has 0 saturated carbocycles. The number of anilines is 2. The molecule has 3 amide bonds. The molecule has 130 valence electrons. The van der Waals surface area contributed by atoms with Gasteiger partial charge in [-0.25, -0.2) is 0 Å². The molecule has 0 fully saturated rings. The van der Waals surface area contributed by atoms with Crippen LogP contribution in [0.2, 0.25) is 0 Å². The largest absolute Gasteiger partial charge is 0.366 e. The van der Waals surface area contributed by atoms with Gasteiger partial charge in [-0.3, -0.25) is 14.4 Å². The van der Waals surface area contributed by atoms with Gasteiger partial charge in [-0.2, -0.15) is 0 Å². The summed E-state index contributed by atoms with van der Waals surface area (Å²) in [5.41, 5.74) is 6.88. The van der Waals surface area contributed by atoms with Crippen molar-refractivity contribution in [3.05, 3.63) is 82.0 Å². The highest BCUT2D eigenvalue weighted by molar-refractivity contribution is 7.12. The highest BCUT2D eigenvalue weighted by atomic mass is 32.1. The van der Waals surface area contributed by atoms with Crippen molar-refractivity contribution in [1.29, 1.82) is 0 Å². The molecule has 6 nitrogen and oxygen atoms in total. The van der Waals surface area contributed by atoms with Crippen molar-refractivity contribution >= 4 is 40.4 Å². The van der Waals surface area contributed by atoms with Crippen LogP contribution in [0.3, 0.4) is 0 Å². The number of carbonyl (C=O) groups is 3. The van der Waals surface area contributed by atoms with E-state index < -0.39 is 5.91 Å². The molecule has 3 aromatic rings. The number of nitrogens with two attached hydrogens (primary N) is 1. The lowest BCUT2D eigenvalue weighted by molar-refractivity contribution is 0.0998. The molecule has 0 bridgehead atoms. The van der Waals surface area contributed by atoms with Gasteiger partial charge in [0.15, 0.2) is 0 Å². The van der Waals surface area contributed by atoms with Gasteiger partial charge in [0.05, 0.1) is 4.88 Å². The van der Waals surface area contributed by atoms with Gasteiger partial charge in [0.25, 0.3) is 11.8 Å². The Morgan fingerprint density at radius 1 is 0.769 bits per heavy atom. The van der Waals surface area contributed by atoms with Crippen molar-refractivity contribution in [2.45, 2.75) is 0 Å². The highest BCUT2D eigenvalue weighted by Gasteiger charge is 2.10. The molecule has 1 heterocycles. The fourth-order valence-corrected chi connectivity index (χ4v) is 2.91. The number of rotatable bonds is 5. The zero-order valence-corrected chi connectivity index (χ0v) is 14.4. The van der Waals surface area contributed by atoms with Gasteiger partial charge in [0, 0.05) is 22.5 Å². The zero-order valence-electron chi connectivity index (χ0n) is 13.6. The number of benzene rings is 2. The molecule has 0 aliphatic carbocycles. The van der Waals surface area contributed by atoms with Crippen LogP contribution >= 0.6 is 11.3 Å². The Balaban J connectivity index is 1.72. The zero-order chi connectivity index (χ0) is 18.5. The summed E-state index contributed by atoms with van der Waals surface area (Å²) in [5, 5.41) is 7.34. The summed E-state index contributed by atoms with van der Waals surface area (Å²) >= 11 is 1.35. The van der Waals surface area contributed by atoms with Crippen LogP contribution in [0.25, 0.3) is 0 Å². The van der Waals surface area contributed by atoms with Crippen molar-refractivity contribution in [3.63, 3.8) is 0 Å². The number of hydrogen-bond donors (Lipinski definition) is 3. The lowest BCUT2D eigenvalue weighted by Crippen LogP contribution is -2.15. The lowest BCUT2D eigenvalue weighted by atomic mass is 10.1. The number of amides is 3. The van der Waals surface area contributed by atoms with E-state index in [4.69, 9.17) is 5.73 Å². The monoisotopic (exact) mass is 365 g/mol. The van der Waals surface area contributed by atoms with E-state index in [0.29, 0.717) is 21.8 Å². The summed E-state index contributed by atoms with van der Waals surface area (Å²) in [5.74, 6) is -1.19. The van der Waals surface area contributed by atoms with Crippen LogP contribution in [0.5, 0.6) is 0 Å². The normalized spacial score (nSPS) is 10.2. The van der Waals surface area contributed by atoms with Crippen LogP contribution in [0.15, 0.2) is 66.0 Å². The number of carbonyl (C=O) groups excluding carboxylic acids is 3. The predicted octanol–water partition coefficient (Wildman–Crippen LogP) is 3.35. The number of hydrogen-bond acceptors (Lipinski definition) is 4. The molecule has 0 atom stereocenters. The van der Waals surface area contributed by atoms with Crippen molar-refractivity contribution in [2.75, 3.05) is 10.6 Å². The van der Waals surface area contributed by atoms with E-state index in [1.165, 1.54) is 17.4 Å². The summed E-state index contributed by atoms with van der Waals surface area (Å²) in [6.45, 7) is 0. The van der Waals surface area contributed by atoms with Crippen LogP contribution in [-0.2, 0) is 0 Å². The second-order valence-corrected chi connectivity index (χ2v) is 6.36. The fourth-order valence-electron chi connectivity index (χ4n) is 2.29. The Labute approximate surface area is 153 Å². The molecule has 26 heavy (non-hydrogen) atoms. The molecule has 0 aliphatic heterocycles. The molecule has 0 radical (unpaired) electrons. The molecule has 4 N–H and O–H groups in total. The predicted molar refractivity (Wildman–Crippen MR) is 102 cm³/mol. The standard InChI is InChI=1S/C19H15N3O3S/c20-17(23)12-4-1-5-13(10-12)18(24)21-14-6-2-7-15(11-14)22-19(25)16-8-3-9-26-16/h1-11H,(H2,20,23)(H,21,24)(H,22,25). The Morgan fingerprint density at radius 2 is 1.42 bits per heavy atom. The minimum atomic E-state index is -0.599. The third-order valence-electron chi connectivity index (χ3n) is 3.53. The average Bonchev–Trinajstić information content (AvgIpc) is 3.17. The molecule has 0 aliphatic rings. The van der Waals surface area contributed by atoms with Gasteiger partial charge >= 0.3 is 0 Å². The highest BCUT2D eigenvalue weighted by Crippen LogP contribution is 2.18. The summed E-state index contributed by atoms with van der Waals surface area (Å²) in [6, 6.07) is 16.5. The van der Waals surface area contributed by atoms with Crippen molar-refractivity contribution in [1.82, 2.24) is 0 Å². The minimum absolute atomic E-state index is 0.211. The van der Waals surface area contributed by atoms with Crippen LogP contribution in [0.1, 0.15) is 30.4 Å². The molecular weight excluding hydrogens is 350 g/mol. The first-order chi connectivity index (χ1) is 12.5. The molecule has 0 unspecified atom stereocenters. The van der Waals surface area contributed by atoms with Gasteiger partial charge in [0.2, 0.25) is 5.91 Å². The molecule has 3 rings (SSSR count). The van der Waals surface area contributed by atoms with Crippen LogP contribution in [0.4, 0.5) is 11.4 Å². The van der Waals surface area contributed by atoms with Gasteiger partial charge in [-0.1, -0.05) is 18.2 Å². The van der Waals surface area contributed by atoms with Crippen LogP contribution in [0, 0.1) is 0 Å². The van der Waals surface area contributed by atoms with Gasteiger partial charge in [0.1, 0.15) is 0 Å². The van der Waals surface area contributed by atoms with E-state index in [9.17, 15) is 14.4 Å². The first kappa shape index (κ1) is 17.4. The maximum Gasteiger partial charge on any atom is 0.265 e. The molecule has 1 aromatic heterocycles. The van der Waals surface area contributed by atoms with Crippen LogP contribution < -0.4 is 16.4 Å². The molecule has 2 aromatic carbocycles. The smallest absolute Gasteiger partial charge is 0.265 e. The number of primary amides is 1. The first-order valence-electron chi connectivity index (χ1n) is 7.69. The Kier molecular flexibility index (Phi) is 5.09. The maximum absolute atomic E-state index is 12.4. The second kappa shape index (κ2) is 7.62. The quantitative estimate of drug-likeness (QED) is 0.646. The van der Waals surface area contributed by atoms with Crippen molar-refractivity contribution in [3.8, 4) is 0 Å². The Morgan fingerprint density at radius 3 is 2.08 bits per heavy atom. The number of nitrogens with one attached hydrogen (secondary N) is 2. The molecular formula is C19H15N3O3S. The molecule has 7 heteroatoms. The maximum atomic E-state index is 12.4. The molecule has 0 saturated heterocycles. The first-order valence-corrected chi connectivity index (χ1v) is 8.57. The fraction of sp³-hybridized carbons (Fsp3) is 0. The Hall–Kier alpha value is -3.45. The van der Waals surface area contributed by atoms with E-state index in [1.54, 1.807) is 54.6 Å². The van der Waals surface area contributed by atoms with E-state index in [2.05, 4.69) is 10.6 Å². The van der Waals surface area contributed by atoms with E-state index >= 15 is 0 Å². The third kappa shape index (κ3) is 4.14. The van der Waals surface area contributed by atoms with Crippen LogP contribution in [-0.4, -0.2) is 17.7 Å². The summed E-state index contributed by atoms with van der Waals surface area (Å²) in [7, 11) is 0. The summed E-state index contributed by atoms with van der Waals surface area (Å²) < 4.78 is 0. The van der Waals surface area contributed by atoms with E-state index in [1.807, 2.05) is 5.38 Å². The summed E-state index contributed by atoms with van der Waals surface area (Å²) in [4.78, 5) is 36.3. The van der Waals surface area contributed by atoms with Crippen molar-refractivity contribution < 1.29 is 14.4 Å². The van der Waals surface area contributed by atoms with Crippen molar-refractivity contribution in [2.24, 2.45) is 5.73 Å². The van der Waals surface area contributed by atoms with Gasteiger partial charge in [-0.05, 0) is 47.8 Å². The second-order valence-electron chi connectivity index (χ2n) is 5.41. The molecule has 0 spiro atoms. The topological polar surface area (TPSA) is 101 Å². The van der Waals surface area contributed by atoms with E-state index in [0.717, 1.165) is 0 Å². The average molecular weight is 365 g/mol. The van der Waals surface area contributed by atoms with Gasteiger partial charge < -0.3 is 16.4 Å². The number of thiophene rings is 1. The minimum Gasteiger partial charge on any atom is -0.366 e. The third-order valence-corrected chi connectivity index (χ3v) is 4.40. The Bertz CT molecular complexity index is 968.